The van der Waals surface area contributed by atoms with Crippen LogP contribution < -0.4 is 4.90 Å². The molecule has 2 aliphatic rings. The van der Waals surface area contributed by atoms with Gasteiger partial charge < -0.3 is 4.90 Å². The summed E-state index contributed by atoms with van der Waals surface area (Å²) in [7, 11) is 0. The van der Waals surface area contributed by atoms with Crippen LogP contribution in [0.25, 0.3) is 0 Å². The molecule has 2 heterocycles. The van der Waals surface area contributed by atoms with Gasteiger partial charge in [-0.1, -0.05) is 6.07 Å². The van der Waals surface area contributed by atoms with Crippen molar-refractivity contribution in [1.82, 2.24) is 4.90 Å². The standard InChI is InChI=1S/C14H20N2S/c1-17-14-6-2-4-12(10-14)16-9-8-15-7-3-5-13(15)11-16/h2,4,6,10,13H,3,5,7-9,11H2,1H3. The van der Waals surface area contributed by atoms with E-state index < -0.39 is 0 Å². The molecule has 0 spiro atoms. The Morgan fingerprint density at radius 1 is 1.24 bits per heavy atom. The molecule has 2 nitrogen and oxygen atoms in total. The Kier molecular flexibility index (Phi) is 3.30. The van der Waals surface area contributed by atoms with Crippen molar-refractivity contribution >= 4 is 17.4 Å². The molecule has 0 saturated carbocycles. The third-order valence-corrected chi connectivity index (χ3v) is 4.73. The van der Waals surface area contributed by atoms with Gasteiger partial charge in [0.15, 0.2) is 0 Å². The lowest BCUT2D eigenvalue weighted by molar-refractivity contribution is 0.231. The van der Waals surface area contributed by atoms with Gasteiger partial charge in [-0.2, -0.15) is 0 Å². The van der Waals surface area contributed by atoms with Crippen molar-refractivity contribution in [1.29, 1.82) is 0 Å². The highest BCUT2D eigenvalue weighted by molar-refractivity contribution is 7.98. The van der Waals surface area contributed by atoms with E-state index in [1.54, 1.807) is 0 Å². The molecule has 0 aliphatic carbocycles. The molecule has 0 bridgehead atoms. The van der Waals surface area contributed by atoms with Crippen LogP contribution in [0.2, 0.25) is 0 Å². The molecule has 1 aromatic rings. The summed E-state index contributed by atoms with van der Waals surface area (Å²) in [4.78, 5) is 6.59. The van der Waals surface area contributed by atoms with Gasteiger partial charge in [0.25, 0.3) is 0 Å². The fourth-order valence-electron chi connectivity index (χ4n) is 3.03. The molecular weight excluding hydrogens is 228 g/mol. The quantitative estimate of drug-likeness (QED) is 0.743. The molecule has 3 heteroatoms. The number of nitrogens with zero attached hydrogens (tertiary/aromatic N) is 2. The first kappa shape index (κ1) is 11.4. The second-order valence-corrected chi connectivity index (χ2v) is 5.86. The molecule has 0 N–H and O–H groups in total. The average Bonchev–Trinajstić information content (AvgIpc) is 2.86. The average molecular weight is 248 g/mol. The Bertz CT molecular complexity index is 394. The summed E-state index contributed by atoms with van der Waals surface area (Å²) in [6.07, 6.45) is 4.93. The zero-order valence-corrected chi connectivity index (χ0v) is 11.2. The van der Waals surface area contributed by atoms with E-state index in [0.717, 1.165) is 6.04 Å². The van der Waals surface area contributed by atoms with Crippen molar-refractivity contribution in [3.63, 3.8) is 0 Å². The highest BCUT2D eigenvalue weighted by Gasteiger charge is 2.30. The molecule has 1 atom stereocenters. The lowest BCUT2D eigenvalue weighted by atomic mass is 10.1. The molecule has 0 aromatic heterocycles. The SMILES string of the molecule is CSc1cccc(N2CCN3CCCC3C2)c1. The second-order valence-electron chi connectivity index (χ2n) is 4.98. The van der Waals surface area contributed by atoms with E-state index in [9.17, 15) is 0 Å². The normalized spacial score (nSPS) is 25.0. The molecular formula is C14H20N2S. The number of fused-ring (bicyclic) bond motifs is 1. The summed E-state index contributed by atoms with van der Waals surface area (Å²) in [6, 6.07) is 9.77. The minimum atomic E-state index is 0.807. The molecule has 1 unspecified atom stereocenters. The first-order valence-corrected chi connectivity index (χ1v) is 7.72. The van der Waals surface area contributed by atoms with E-state index in [4.69, 9.17) is 0 Å². The largest absolute Gasteiger partial charge is 0.369 e. The fraction of sp³-hybridized carbons (Fsp3) is 0.571. The summed E-state index contributed by atoms with van der Waals surface area (Å²) in [5, 5.41) is 0. The van der Waals surface area contributed by atoms with Gasteiger partial charge in [0.1, 0.15) is 0 Å². The fourth-order valence-corrected chi connectivity index (χ4v) is 3.49. The first-order valence-electron chi connectivity index (χ1n) is 6.50. The number of thioether (sulfide) groups is 1. The van der Waals surface area contributed by atoms with Gasteiger partial charge in [0.2, 0.25) is 0 Å². The van der Waals surface area contributed by atoms with Crippen molar-refractivity contribution in [2.75, 3.05) is 37.3 Å². The van der Waals surface area contributed by atoms with Gasteiger partial charge in [-0.25, -0.2) is 0 Å². The number of benzene rings is 1. The van der Waals surface area contributed by atoms with Gasteiger partial charge >= 0.3 is 0 Å². The molecule has 3 rings (SSSR count). The van der Waals surface area contributed by atoms with E-state index in [-0.39, 0.29) is 0 Å². The van der Waals surface area contributed by atoms with E-state index in [1.807, 2.05) is 11.8 Å². The smallest absolute Gasteiger partial charge is 0.0378 e. The van der Waals surface area contributed by atoms with Gasteiger partial charge in [0, 0.05) is 36.3 Å². The maximum atomic E-state index is 2.66. The number of hydrogen-bond acceptors (Lipinski definition) is 3. The summed E-state index contributed by atoms with van der Waals surface area (Å²) in [5.74, 6) is 0. The minimum Gasteiger partial charge on any atom is -0.369 e. The van der Waals surface area contributed by atoms with E-state index in [2.05, 4.69) is 40.3 Å². The predicted molar refractivity (Wildman–Crippen MR) is 75.0 cm³/mol. The zero-order chi connectivity index (χ0) is 11.7. The summed E-state index contributed by atoms with van der Waals surface area (Å²) in [6.45, 7) is 4.98. The van der Waals surface area contributed by atoms with Crippen molar-refractivity contribution < 1.29 is 0 Å². The van der Waals surface area contributed by atoms with Crippen LogP contribution >= 0.6 is 11.8 Å². The third kappa shape index (κ3) is 2.31. The Labute approximate surface area is 108 Å². The third-order valence-electron chi connectivity index (χ3n) is 4.01. The molecule has 0 radical (unpaired) electrons. The number of anilines is 1. The van der Waals surface area contributed by atoms with Gasteiger partial charge in [-0.05, 0) is 43.8 Å². The Balaban J connectivity index is 1.75. The van der Waals surface area contributed by atoms with Gasteiger partial charge in [-0.15, -0.1) is 11.8 Å². The Morgan fingerprint density at radius 3 is 3.06 bits per heavy atom. The molecule has 92 valence electrons. The van der Waals surface area contributed by atoms with Crippen LogP contribution in [-0.4, -0.2) is 43.4 Å². The lowest BCUT2D eigenvalue weighted by Gasteiger charge is -2.38. The van der Waals surface area contributed by atoms with Crippen LogP contribution in [0.3, 0.4) is 0 Å². The summed E-state index contributed by atoms with van der Waals surface area (Å²) >= 11 is 1.83. The van der Waals surface area contributed by atoms with Crippen LogP contribution in [0.1, 0.15) is 12.8 Å². The Hall–Kier alpha value is -0.670. The lowest BCUT2D eigenvalue weighted by Crippen LogP contribution is -2.50. The monoisotopic (exact) mass is 248 g/mol. The minimum absolute atomic E-state index is 0.807. The van der Waals surface area contributed by atoms with E-state index in [0.29, 0.717) is 0 Å². The molecule has 2 fully saturated rings. The predicted octanol–water partition coefficient (Wildman–Crippen LogP) is 2.69. The van der Waals surface area contributed by atoms with Gasteiger partial charge in [-0.3, -0.25) is 4.90 Å². The maximum Gasteiger partial charge on any atom is 0.0378 e. The number of hydrogen-bond donors (Lipinski definition) is 0. The maximum absolute atomic E-state index is 2.66. The Morgan fingerprint density at radius 2 is 2.18 bits per heavy atom. The van der Waals surface area contributed by atoms with E-state index >= 15 is 0 Å². The first-order chi connectivity index (χ1) is 8.36. The van der Waals surface area contributed by atoms with E-state index in [1.165, 1.54) is 49.6 Å². The number of piperazine rings is 1. The molecule has 2 saturated heterocycles. The zero-order valence-electron chi connectivity index (χ0n) is 10.4. The molecule has 2 aliphatic heterocycles. The summed E-state index contributed by atoms with van der Waals surface area (Å²) < 4.78 is 0. The van der Waals surface area contributed by atoms with Crippen molar-refractivity contribution in [2.45, 2.75) is 23.8 Å². The van der Waals surface area contributed by atoms with Gasteiger partial charge in [0.05, 0.1) is 0 Å². The van der Waals surface area contributed by atoms with Crippen LogP contribution in [0.5, 0.6) is 0 Å². The van der Waals surface area contributed by atoms with Crippen LogP contribution in [0.15, 0.2) is 29.2 Å². The van der Waals surface area contributed by atoms with Crippen molar-refractivity contribution in [2.24, 2.45) is 0 Å². The molecule has 17 heavy (non-hydrogen) atoms. The van der Waals surface area contributed by atoms with Crippen LogP contribution in [0.4, 0.5) is 5.69 Å². The highest BCUT2D eigenvalue weighted by Crippen LogP contribution is 2.27. The van der Waals surface area contributed by atoms with Crippen LogP contribution in [-0.2, 0) is 0 Å². The summed E-state index contributed by atoms with van der Waals surface area (Å²) in [5.41, 5.74) is 1.41. The second kappa shape index (κ2) is 4.91. The molecule has 1 aromatic carbocycles. The molecule has 0 amide bonds. The van der Waals surface area contributed by atoms with Crippen molar-refractivity contribution in [3.05, 3.63) is 24.3 Å². The topological polar surface area (TPSA) is 6.48 Å². The van der Waals surface area contributed by atoms with Crippen LogP contribution in [0, 0.1) is 0 Å². The number of rotatable bonds is 2. The van der Waals surface area contributed by atoms with Crippen molar-refractivity contribution in [3.8, 4) is 0 Å². The highest BCUT2D eigenvalue weighted by atomic mass is 32.2.